The predicted octanol–water partition coefficient (Wildman–Crippen LogP) is 1.39. The van der Waals surface area contributed by atoms with Gasteiger partial charge in [-0.05, 0) is 6.42 Å². The zero-order chi connectivity index (χ0) is 18.4. The highest BCUT2D eigenvalue weighted by Gasteiger charge is 2.21. The topological polar surface area (TPSA) is 106 Å². The molecule has 0 fully saturated rings. The van der Waals surface area contributed by atoms with Crippen LogP contribution in [0, 0.1) is 33.7 Å². The Labute approximate surface area is 140 Å². The van der Waals surface area contributed by atoms with E-state index in [0.717, 1.165) is 24.5 Å². The van der Waals surface area contributed by atoms with Crippen LogP contribution in [-0.4, -0.2) is 23.6 Å². The fourth-order valence-corrected chi connectivity index (χ4v) is 1.44. The van der Waals surface area contributed by atoms with Crippen molar-refractivity contribution in [3.05, 3.63) is 31.4 Å². The molecule has 1 aromatic heterocycles. The predicted molar refractivity (Wildman–Crippen MR) is 84.4 cm³/mol. The number of unbranched alkanes of at least 4 members (excludes halogenated alkanes) is 1. The molecule has 0 unspecified atom stereocenters. The third-order valence-corrected chi connectivity index (χ3v) is 2.81. The van der Waals surface area contributed by atoms with Gasteiger partial charge in [-0.2, -0.15) is 0 Å². The minimum Gasteiger partial charge on any atom is -0.468 e. The molecule has 0 atom stereocenters. The van der Waals surface area contributed by atoms with Crippen molar-refractivity contribution < 1.29 is 18.4 Å². The van der Waals surface area contributed by atoms with Gasteiger partial charge in [-0.1, -0.05) is 37.8 Å². The SMILES string of the molecule is C=CC(=O)OCCn1cc[n+](CCCC)c1.N#C[B-](F)(C#N)C#N. The molecule has 0 radical (unpaired) electrons. The number of aromatic nitrogens is 2. The van der Waals surface area contributed by atoms with E-state index < -0.39 is 6.42 Å². The van der Waals surface area contributed by atoms with E-state index in [0.29, 0.717) is 13.2 Å². The average Bonchev–Trinajstić information content (AvgIpc) is 3.07. The summed E-state index contributed by atoms with van der Waals surface area (Å²) in [6.45, 7) is 7.61. The Morgan fingerprint density at radius 1 is 1.42 bits per heavy atom. The molecule has 0 saturated heterocycles. The molecular weight excluding hydrogens is 312 g/mol. The lowest BCUT2D eigenvalue weighted by molar-refractivity contribution is -0.696. The zero-order valence-electron chi connectivity index (χ0n) is 13.6. The van der Waals surface area contributed by atoms with Crippen molar-refractivity contribution >= 4 is 12.4 Å². The number of nitriles is 3. The van der Waals surface area contributed by atoms with E-state index in [1.807, 2.05) is 23.3 Å². The monoisotopic (exact) mass is 331 g/mol. The van der Waals surface area contributed by atoms with Crippen molar-refractivity contribution in [2.75, 3.05) is 6.61 Å². The third kappa shape index (κ3) is 8.36. The van der Waals surface area contributed by atoms with Gasteiger partial charge in [0.1, 0.15) is 25.5 Å². The highest BCUT2D eigenvalue weighted by molar-refractivity contribution is 6.93. The molecule has 0 N–H and O–H groups in total. The van der Waals surface area contributed by atoms with Crippen LogP contribution in [0.3, 0.4) is 0 Å². The molecule has 24 heavy (non-hydrogen) atoms. The second-order valence-corrected chi connectivity index (χ2v) is 4.76. The van der Waals surface area contributed by atoms with Gasteiger partial charge in [0, 0.05) is 6.08 Å². The van der Waals surface area contributed by atoms with Crippen LogP contribution >= 0.6 is 0 Å². The van der Waals surface area contributed by atoms with Crippen LogP contribution in [0.2, 0.25) is 0 Å². The third-order valence-electron chi connectivity index (χ3n) is 2.81. The van der Waals surface area contributed by atoms with Gasteiger partial charge in [0.05, 0.1) is 6.54 Å². The van der Waals surface area contributed by atoms with Crippen molar-refractivity contribution in [2.45, 2.75) is 32.9 Å². The van der Waals surface area contributed by atoms with Crippen molar-refractivity contribution in [3.8, 4) is 17.9 Å². The second-order valence-electron chi connectivity index (χ2n) is 4.76. The Kier molecular flexibility index (Phi) is 9.97. The summed E-state index contributed by atoms with van der Waals surface area (Å²) in [5.41, 5.74) is 0. The van der Waals surface area contributed by atoms with Gasteiger partial charge < -0.3 is 9.05 Å². The number of carbonyl (C=O) groups is 1. The highest BCUT2D eigenvalue weighted by Crippen LogP contribution is 1.96. The standard InChI is InChI=1S/C12H19N2O2.C3BFN3/c1-3-5-6-13-7-8-14(11-13)9-10-16-12(15)4-2;5-4(1-6,2-7)3-8/h4,7-8,11H,2-3,5-6,9-10H2,1H3;/q+1;-1. The normalized spacial score (nSPS) is 9.46. The summed E-state index contributed by atoms with van der Waals surface area (Å²) in [5, 5.41) is 23.2. The first kappa shape index (κ1) is 20.9. The number of ether oxygens (including phenoxy) is 1. The fourth-order valence-electron chi connectivity index (χ4n) is 1.44. The molecular formula is C15H19BFN5O2. The van der Waals surface area contributed by atoms with Gasteiger partial charge in [0.25, 0.3) is 0 Å². The van der Waals surface area contributed by atoms with Gasteiger partial charge in [-0.25, -0.2) is 29.7 Å². The Morgan fingerprint density at radius 2 is 2.04 bits per heavy atom. The van der Waals surface area contributed by atoms with E-state index in [4.69, 9.17) is 20.5 Å². The first-order valence-electron chi connectivity index (χ1n) is 7.35. The summed E-state index contributed by atoms with van der Waals surface area (Å²) < 4.78 is 21.0. The molecule has 7 nitrogen and oxygen atoms in total. The van der Waals surface area contributed by atoms with Gasteiger partial charge >= 0.3 is 12.4 Å². The lowest BCUT2D eigenvalue weighted by atomic mass is 9.48. The molecule has 1 heterocycles. The molecule has 1 aromatic rings. The van der Waals surface area contributed by atoms with Crippen molar-refractivity contribution in [1.82, 2.24) is 4.57 Å². The summed E-state index contributed by atoms with van der Waals surface area (Å²) in [6, 6.07) is 0. The molecule has 9 heteroatoms. The number of nitrogens with zero attached hydrogens (tertiary/aromatic N) is 5. The number of halogens is 1. The fraction of sp³-hybridized carbons (Fsp3) is 0.400. The van der Waals surface area contributed by atoms with E-state index in [-0.39, 0.29) is 5.97 Å². The van der Waals surface area contributed by atoms with Gasteiger partial charge in [-0.15, -0.1) is 0 Å². The minimum absolute atomic E-state index is 0.369. The van der Waals surface area contributed by atoms with Crippen LogP contribution in [-0.2, 0) is 22.6 Å². The molecule has 1 rings (SSSR count). The lowest BCUT2D eigenvalue weighted by Gasteiger charge is -1.98. The maximum Gasteiger partial charge on any atom is 0.436 e. The number of hydrogen-bond donors (Lipinski definition) is 0. The summed E-state index contributed by atoms with van der Waals surface area (Å²) in [6.07, 6.45) is 6.05. The molecule has 0 aliphatic heterocycles. The van der Waals surface area contributed by atoms with Gasteiger partial charge in [-0.3, -0.25) is 0 Å². The summed E-state index contributed by atoms with van der Waals surface area (Å²) in [4.78, 5) is 10.8. The van der Waals surface area contributed by atoms with Crippen molar-refractivity contribution in [3.63, 3.8) is 0 Å². The molecule has 0 aliphatic rings. The Balaban J connectivity index is 0.000000561. The van der Waals surface area contributed by atoms with E-state index in [9.17, 15) is 9.11 Å². The van der Waals surface area contributed by atoms with Crippen LogP contribution in [0.25, 0.3) is 0 Å². The molecule has 0 amide bonds. The Morgan fingerprint density at radius 3 is 2.50 bits per heavy atom. The first-order valence-corrected chi connectivity index (χ1v) is 7.35. The van der Waals surface area contributed by atoms with Crippen LogP contribution in [0.1, 0.15) is 19.8 Å². The zero-order valence-corrected chi connectivity index (χ0v) is 13.6. The maximum absolute atomic E-state index is 12.0. The Hall–Kier alpha value is -3.12. The number of hydrogen-bond acceptors (Lipinski definition) is 5. The van der Waals surface area contributed by atoms with Crippen LogP contribution in [0.5, 0.6) is 0 Å². The molecule has 0 bridgehead atoms. The largest absolute Gasteiger partial charge is 0.468 e. The summed E-state index contributed by atoms with van der Waals surface area (Å²) in [7, 11) is 0. The molecule has 0 spiro atoms. The van der Waals surface area contributed by atoms with E-state index in [1.165, 1.54) is 18.9 Å². The number of aryl methyl sites for hydroxylation is 1. The van der Waals surface area contributed by atoms with E-state index in [1.54, 1.807) is 0 Å². The highest BCUT2D eigenvalue weighted by atomic mass is 19.1. The Bertz CT molecular complexity index is 633. The van der Waals surface area contributed by atoms with Crippen LogP contribution in [0.4, 0.5) is 4.32 Å². The molecule has 126 valence electrons. The summed E-state index contributed by atoms with van der Waals surface area (Å²) in [5.74, 6) is 2.48. The van der Waals surface area contributed by atoms with Crippen LogP contribution in [0.15, 0.2) is 31.4 Å². The summed E-state index contributed by atoms with van der Waals surface area (Å²) >= 11 is 0. The second kappa shape index (κ2) is 11.5. The molecule has 0 aliphatic carbocycles. The van der Waals surface area contributed by atoms with E-state index >= 15 is 0 Å². The lowest BCUT2D eigenvalue weighted by Crippen LogP contribution is -2.30. The van der Waals surface area contributed by atoms with Crippen molar-refractivity contribution in [2.24, 2.45) is 0 Å². The smallest absolute Gasteiger partial charge is 0.436 e. The molecule has 0 saturated carbocycles. The van der Waals surface area contributed by atoms with Crippen LogP contribution < -0.4 is 4.57 Å². The van der Waals surface area contributed by atoms with Crippen molar-refractivity contribution in [1.29, 1.82) is 15.8 Å². The number of rotatable bonds is 7. The number of esters is 1. The average molecular weight is 331 g/mol. The number of imidazole rings is 1. The minimum atomic E-state index is -3.54. The maximum atomic E-state index is 12.0. The quantitative estimate of drug-likeness (QED) is 0.325. The first-order chi connectivity index (χ1) is 11.4. The van der Waals surface area contributed by atoms with E-state index in [2.05, 4.69) is 18.1 Å². The van der Waals surface area contributed by atoms with Gasteiger partial charge in [0.15, 0.2) is 0 Å². The number of carbonyl (C=O) groups excluding carboxylic acids is 1. The van der Waals surface area contributed by atoms with Gasteiger partial charge in [0.2, 0.25) is 6.33 Å². The molecule has 0 aromatic carbocycles.